The number of nitrogens with one attached hydrogen (secondary N) is 2. The van der Waals surface area contributed by atoms with Gasteiger partial charge in [-0.25, -0.2) is 9.78 Å². The lowest BCUT2D eigenvalue weighted by Crippen LogP contribution is -2.32. The predicted octanol–water partition coefficient (Wildman–Crippen LogP) is 1.08. The summed E-state index contributed by atoms with van der Waals surface area (Å²) < 4.78 is 3.91. The average Bonchev–Trinajstić information content (AvgIpc) is 2.60. The predicted molar refractivity (Wildman–Crippen MR) is 63.1 cm³/mol. The first-order valence-electron chi connectivity index (χ1n) is 5.04. The Morgan fingerprint density at radius 3 is 2.76 bits per heavy atom. The molecule has 0 spiro atoms. The number of aliphatic carboxylic acids is 1. The number of urea groups is 1. The Morgan fingerprint density at radius 1 is 1.53 bits per heavy atom. The first-order chi connectivity index (χ1) is 7.97. The molecule has 1 atom stereocenters. The van der Waals surface area contributed by atoms with Gasteiger partial charge in [0.25, 0.3) is 0 Å². The third-order valence-corrected chi connectivity index (χ3v) is 2.60. The summed E-state index contributed by atoms with van der Waals surface area (Å²) in [5.41, 5.74) is 0. The summed E-state index contributed by atoms with van der Waals surface area (Å²) in [4.78, 5) is 25.8. The molecule has 94 valence electrons. The second kappa shape index (κ2) is 6.14. The maximum Gasteiger partial charge on any atom is 0.321 e. The molecule has 7 nitrogen and oxygen atoms in total. The standard InChI is InChI=1S/C9H14N4O3S/c1-5(3-7(14)15)4-10-8(16)12-9-11-6(2)13-17-9/h5H,3-4H2,1-2H3,(H,14,15)(H2,10,11,12,13,16). The van der Waals surface area contributed by atoms with Gasteiger partial charge in [0.05, 0.1) is 0 Å². The van der Waals surface area contributed by atoms with Crippen LogP contribution in [0.15, 0.2) is 0 Å². The average molecular weight is 258 g/mol. The first-order valence-corrected chi connectivity index (χ1v) is 5.81. The van der Waals surface area contributed by atoms with Crippen molar-refractivity contribution in [3.8, 4) is 0 Å². The van der Waals surface area contributed by atoms with Gasteiger partial charge in [-0.1, -0.05) is 6.92 Å². The van der Waals surface area contributed by atoms with Crippen molar-refractivity contribution in [3.63, 3.8) is 0 Å². The highest BCUT2D eigenvalue weighted by Gasteiger charge is 2.10. The molecule has 0 bridgehead atoms. The topological polar surface area (TPSA) is 104 Å². The number of carbonyl (C=O) groups is 2. The Morgan fingerprint density at radius 2 is 2.24 bits per heavy atom. The van der Waals surface area contributed by atoms with Crippen molar-refractivity contribution < 1.29 is 14.7 Å². The number of carboxylic acids is 1. The number of hydrogen-bond donors (Lipinski definition) is 3. The van der Waals surface area contributed by atoms with E-state index in [9.17, 15) is 9.59 Å². The number of hydrogen-bond acceptors (Lipinski definition) is 5. The Hall–Kier alpha value is -1.70. The van der Waals surface area contributed by atoms with Crippen molar-refractivity contribution in [2.75, 3.05) is 11.9 Å². The van der Waals surface area contributed by atoms with Gasteiger partial charge in [0.1, 0.15) is 5.82 Å². The number of carboxylic acid groups (broad SMARTS) is 1. The molecule has 0 fully saturated rings. The van der Waals surface area contributed by atoms with Gasteiger partial charge >= 0.3 is 12.0 Å². The Kier molecular flexibility index (Phi) is 4.83. The van der Waals surface area contributed by atoms with Crippen LogP contribution in [0, 0.1) is 12.8 Å². The monoisotopic (exact) mass is 258 g/mol. The number of aromatic nitrogens is 2. The van der Waals surface area contributed by atoms with E-state index in [1.54, 1.807) is 13.8 Å². The van der Waals surface area contributed by atoms with E-state index in [2.05, 4.69) is 20.0 Å². The molecule has 0 saturated heterocycles. The third kappa shape index (κ3) is 5.25. The lowest BCUT2D eigenvalue weighted by Gasteiger charge is -2.09. The summed E-state index contributed by atoms with van der Waals surface area (Å²) in [5, 5.41) is 14.1. The van der Waals surface area contributed by atoms with E-state index < -0.39 is 12.0 Å². The molecule has 0 saturated carbocycles. The summed E-state index contributed by atoms with van der Waals surface area (Å²) in [5.74, 6) is -0.390. The fourth-order valence-corrected chi connectivity index (χ4v) is 1.70. The molecule has 0 radical (unpaired) electrons. The largest absolute Gasteiger partial charge is 0.481 e. The van der Waals surface area contributed by atoms with Gasteiger partial charge in [-0.15, -0.1) is 0 Å². The van der Waals surface area contributed by atoms with Crippen LogP contribution >= 0.6 is 11.5 Å². The molecule has 0 aromatic carbocycles. The van der Waals surface area contributed by atoms with Crippen LogP contribution in [0.25, 0.3) is 0 Å². The molecule has 3 N–H and O–H groups in total. The lowest BCUT2D eigenvalue weighted by atomic mass is 10.1. The van der Waals surface area contributed by atoms with E-state index in [-0.39, 0.29) is 12.3 Å². The van der Waals surface area contributed by atoms with Crippen LogP contribution in [-0.4, -0.2) is 33.0 Å². The summed E-state index contributed by atoms with van der Waals surface area (Å²) in [7, 11) is 0. The molecular weight excluding hydrogens is 244 g/mol. The van der Waals surface area contributed by atoms with Crippen molar-refractivity contribution in [2.24, 2.45) is 5.92 Å². The number of amides is 2. The van der Waals surface area contributed by atoms with Crippen molar-refractivity contribution in [2.45, 2.75) is 20.3 Å². The Labute approximate surface area is 102 Å². The highest BCUT2D eigenvalue weighted by molar-refractivity contribution is 7.09. The maximum atomic E-state index is 11.4. The highest BCUT2D eigenvalue weighted by Crippen LogP contribution is 2.09. The molecule has 17 heavy (non-hydrogen) atoms. The highest BCUT2D eigenvalue weighted by atomic mass is 32.1. The Bertz CT molecular complexity index is 407. The van der Waals surface area contributed by atoms with Crippen LogP contribution < -0.4 is 10.6 Å². The smallest absolute Gasteiger partial charge is 0.321 e. The molecule has 8 heteroatoms. The molecule has 2 amide bonds. The van der Waals surface area contributed by atoms with Crippen LogP contribution in [0.1, 0.15) is 19.2 Å². The summed E-state index contributed by atoms with van der Waals surface area (Å²) in [6.07, 6.45) is 0.0260. The molecule has 1 aromatic heterocycles. The molecule has 1 rings (SSSR count). The number of carbonyl (C=O) groups excluding carboxylic acids is 1. The third-order valence-electron chi connectivity index (χ3n) is 1.88. The minimum Gasteiger partial charge on any atom is -0.481 e. The van der Waals surface area contributed by atoms with E-state index in [1.165, 1.54) is 0 Å². The molecule has 0 aliphatic carbocycles. The van der Waals surface area contributed by atoms with E-state index in [4.69, 9.17) is 5.11 Å². The normalized spacial score (nSPS) is 11.9. The lowest BCUT2D eigenvalue weighted by molar-refractivity contribution is -0.137. The van der Waals surface area contributed by atoms with Gasteiger partial charge in [-0.2, -0.15) is 4.37 Å². The second-order valence-corrected chi connectivity index (χ2v) is 4.44. The van der Waals surface area contributed by atoms with E-state index in [0.29, 0.717) is 17.5 Å². The summed E-state index contributed by atoms with van der Waals surface area (Å²) in [6.45, 7) is 3.79. The fourth-order valence-electron chi connectivity index (χ4n) is 1.13. The number of anilines is 1. The Balaban J connectivity index is 2.28. The zero-order chi connectivity index (χ0) is 12.8. The number of aryl methyl sites for hydroxylation is 1. The summed E-state index contributed by atoms with van der Waals surface area (Å²) in [6, 6.07) is -0.404. The van der Waals surface area contributed by atoms with Crippen LogP contribution in [0.4, 0.5) is 9.93 Å². The van der Waals surface area contributed by atoms with Gasteiger partial charge in [0.2, 0.25) is 5.13 Å². The quantitative estimate of drug-likeness (QED) is 0.733. The molecular formula is C9H14N4O3S. The molecule has 0 aliphatic heterocycles. The van der Waals surface area contributed by atoms with Crippen LogP contribution in [0.5, 0.6) is 0 Å². The van der Waals surface area contributed by atoms with Gasteiger partial charge in [-0.05, 0) is 12.8 Å². The van der Waals surface area contributed by atoms with Crippen molar-refractivity contribution in [1.29, 1.82) is 0 Å². The number of nitrogens with zero attached hydrogens (tertiary/aromatic N) is 2. The SMILES string of the molecule is Cc1nsc(NC(=O)NCC(C)CC(=O)O)n1. The summed E-state index contributed by atoms with van der Waals surface area (Å²) >= 11 is 1.10. The molecule has 1 aromatic rings. The fraction of sp³-hybridized carbons (Fsp3) is 0.556. The van der Waals surface area contributed by atoms with Crippen molar-refractivity contribution in [3.05, 3.63) is 5.82 Å². The minimum atomic E-state index is -0.876. The van der Waals surface area contributed by atoms with Crippen LogP contribution in [0.3, 0.4) is 0 Å². The van der Waals surface area contributed by atoms with Gasteiger partial charge < -0.3 is 10.4 Å². The van der Waals surface area contributed by atoms with Gasteiger partial charge in [-0.3, -0.25) is 10.1 Å². The zero-order valence-electron chi connectivity index (χ0n) is 9.56. The van der Waals surface area contributed by atoms with E-state index in [1.807, 2.05) is 0 Å². The molecule has 0 aliphatic rings. The minimum absolute atomic E-state index is 0.0260. The second-order valence-electron chi connectivity index (χ2n) is 3.68. The van der Waals surface area contributed by atoms with Gasteiger partial charge in [0.15, 0.2) is 0 Å². The van der Waals surface area contributed by atoms with Crippen molar-refractivity contribution in [1.82, 2.24) is 14.7 Å². The zero-order valence-corrected chi connectivity index (χ0v) is 10.4. The van der Waals surface area contributed by atoms with Crippen molar-refractivity contribution >= 4 is 28.7 Å². The maximum absolute atomic E-state index is 11.4. The molecule has 1 heterocycles. The van der Waals surface area contributed by atoms with Crippen LogP contribution in [-0.2, 0) is 4.79 Å². The number of rotatable bonds is 5. The van der Waals surface area contributed by atoms with E-state index >= 15 is 0 Å². The first kappa shape index (κ1) is 13.4. The van der Waals surface area contributed by atoms with E-state index in [0.717, 1.165) is 11.5 Å². The van der Waals surface area contributed by atoms with Gasteiger partial charge in [0, 0.05) is 24.5 Å². The molecule has 1 unspecified atom stereocenters. The van der Waals surface area contributed by atoms with Crippen LogP contribution in [0.2, 0.25) is 0 Å².